The Balaban J connectivity index is 2.34. The molecule has 0 heterocycles. The minimum Gasteiger partial charge on any atom is -0.495 e. The van der Waals surface area contributed by atoms with E-state index < -0.39 is 33.8 Å². The van der Waals surface area contributed by atoms with Crippen molar-refractivity contribution in [1.29, 1.82) is 0 Å². The highest BCUT2D eigenvalue weighted by atomic mass is 35.5. The first-order chi connectivity index (χ1) is 10.8. The van der Waals surface area contributed by atoms with Gasteiger partial charge < -0.3 is 4.74 Å². The van der Waals surface area contributed by atoms with Crippen LogP contribution in [0.2, 0.25) is 10.0 Å². The second-order valence-corrected chi connectivity index (χ2v) is 7.02. The molecule has 0 aliphatic carbocycles. The Morgan fingerprint density at radius 3 is 2.52 bits per heavy atom. The van der Waals surface area contributed by atoms with Gasteiger partial charge in [-0.05, 0) is 30.3 Å². The highest BCUT2D eigenvalue weighted by molar-refractivity contribution is 7.89. The van der Waals surface area contributed by atoms with Gasteiger partial charge in [-0.1, -0.05) is 23.2 Å². The molecule has 2 aromatic rings. The van der Waals surface area contributed by atoms with E-state index in [-0.39, 0.29) is 20.7 Å². The van der Waals surface area contributed by atoms with Crippen molar-refractivity contribution in [2.24, 2.45) is 0 Å². The van der Waals surface area contributed by atoms with Crippen LogP contribution in [0.25, 0.3) is 0 Å². The molecule has 1 N–H and O–H groups in total. The number of nitrogens with one attached hydrogen (secondary N) is 1. The summed E-state index contributed by atoms with van der Waals surface area (Å²) in [7, 11) is -2.82. The van der Waals surface area contributed by atoms with Crippen molar-refractivity contribution in [2.45, 2.75) is 11.4 Å². The van der Waals surface area contributed by atoms with Crippen molar-refractivity contribution in [1.82, 2.24) is 4.72 Å². The van der Waals surface area contributed by atoms with Crippen LogP contribution in [0.15, 0.2) is 35.2 Å². The normalized spacial score (nSPS) is 11.5. The minimum absolute atomic E-state index is 0.0499. The van der Waals surface area contributed by atoms with Crippen LogP contribution < -0.4 is 9.46 Å². The molecule has 0 atom stereocenters. The summed E-state index contributed by atoms with van der Waals surface area (Å²) in [5, 5.41) is -0.132. The molecule has 2 aromatic carbocycles. The SMILES string of the molecule is COc1ccc(Cl)cc1S(=O)(=O)NCc1c(F)ccc(Cl)c1F. The van der Waals surface area contributed by atoms with Crippen molar-refractivity contribution >= 4 is 33.2 Å². The predicted molar refractivity (Wildman–Crippen MR) is 83.4 cm³/mol. The molecule has 23 heavy (non-hydrogen) atoms. The van der Waals surface area contributed by atoms with Gasteiger partial charge in [0, 0.05) is 17.1 Å². The summed E-state index contributed by atoms with van der Waals surface area (Å²) in [5.74, 6) is -1.88. The molecule has 0 spiro atoms. The van der Waals surface area contributed by atoms with Gasteiger partial charge in [0.1, 0.15) is 22.3 Å². The number of halogens is 4. The van der Waals surface area contributed by atoms with Crippen molar-refractivity contribution in [2.75, 3.05) is 7.11 Å². The van der Waals surface area contributed by atoms with Gasteiger partial charge in [0.15, 0.2) is 0 Å². The summed E-state index contributed by atoms with van der Waals surface area (Å²) in [6.07, 6.45) is 0. The lowest BCUT2D eigenvalue weighted by molar-refractivity contribution is 0.402. The molecule has 0 fully saturated rings. The average Bonchev–Trinajstić information content (AvgIpc) is 2.51. The average molecular weight is 382 g/mol. The van der Waals surface area contributed by atoms with Crippen molar-refractivity contribution in [3.63, 3.8) is 0 Å². The largest absolute Gasteiger partial charge is 0.495 e. The molecular formula is C14H11Cl2F2NO3S. The first-order valence-corrected chi connectivity index (χ1v) is 8.45. The maximum atomic E-state index is 13.8. The van der Waals surface area contributed by atoms with Gasteiger partial charge in [0.05, 0.1) is 12.1 Å². The quantitative estimate of drug-likeness (QED) is 0.802. The monoisotopic (exact) mass is 381 g/mol. The number of hydrogen-bond acceptors (Lipinski definition) is 3. The molecule has 0 aromatic heterocycles. The molecule has 0 unspecified atom stereocenters. The Morgan fingerprint density at radius 2 is 1.87 bits per heavy atom. The van der Waals surface area contributed by atoms with Crippen molar-refractivity contribution in [3.05, 3.63) is 57.6 Å². The van der Waals surface area contributed by atoms with E-state index in [0.717, 1.165) is 12.1 Å². The fourth-order valence-electron chi connectivity index (χ4n) is 1.84. The van der Waals surface area contributed by atoms with E-state index in [2.05, 4.69) is 4.72 Å². The second-order valence-electron chi connectivity index (χ2n) is 4.44. The third-order valence-corrected chi connectivity index (χ3v) is 4.94. The highest BCUT2D eigenvalue weighted by Gasteiger charge is 2.22. The Labute approximate surface area is 142 Å². The second kappa shape index (κ2) is 7.00. The number of sulfonamides is 1. The van der Waals surface area contributed by atoms with E-state index >= 15 is 0 Å². The molecule has 0 bridgehead atoms. The Bertz CT molecular complexity index is 844. The smallest absolute Gasteiger partial charge is 0.244 e. The lowest BCUT2D eigenvalue weighted by atomic mass is 10.2. The zero-order valence-electron chi connectivity index (χ0n) is 11.7. The van der Waals surface area contributed by atoms with E-state index in [1.54, 1.807) is 0 Å². The number of benzene rings is 2. The third-order valence-electron chi connectivity index (χ3n) is 2.99. The van der Waals surface area contributed by atoms with E-state index in [9.17, 15) is 17.2 Å². The summed E-state index contributed by atoms with van der Waals surface area (Å²) in [6.45, 7) is -0.615. The van der Waals surface area contributed by atoms with Gasteiger partial charge >= 0.3 is 0 Å². The van der Waals surface area contributed by atoms with Gasteiger partial charge in [-0.2, -0.15) is 0 Å². The molecule has 2 rings (SSSR count). The fraction of sp³-hybridized carbons (Fsp3) is 0.143. The molecular weight excluding hydrogens is 371 g/mol. The molecule has 0 saturated heterocycles. The number of ether oxygens (including phenoxy) is 1. The molecule has 124 valence electrons. The van der Waals surface area contributed by atoms with E-state index in [0.29, 0.717) is 0 Å². The van der Waals surface area contributed by atoms with Gasteiger partial charge in [0.25, 0.3) is 0 Å². The zero-order valence-corrected chi connectivity index (χ0v) is 14.1. The molecule has 0 saturated carbocycles. The van der Waals surface area contributed by atoms with Crippen LogP contribution in [-0.4, -0.2) is 15.5 Å². The minimum atomic E-state index is -4.11. The topological polar surface area (TPSA) is 55.4 Å². The molecule has 0 radical (unpaired) electrons. The number of rotatable bonds is 5. The molecule has 0 amide bonds. The Hall–Kier alpha value is -1.41. The van der Waals surface area contributed by atoms with Crippen LogP contribution in [0.4, 0.5) is 8.78 Å². The first kappa shape index (κ1) is 17.9. The maximum absolute atomic E-state index is 13.8. The lowest BCUT2D eigenvalue weighted by Gasteiger charge is -2.12. The Morgan fingerprint density at radius 1 is 1.17 bits per heavy atom. The van der Waals surface area contributed by atoms with Crippen LogP contribution in [0.1, 0.15) is 5.56 Å². The van der Waals surface area contributed by atoms with E-state index in [1.165, 1.54) is 25.3 Å². The standard InChI is InChI=1S/C14H11Cl2F2NO3S/c1-22-12-5-2-8(15)6-13(12)23(20,21)19-7-9-11(17)4-3-10(16)14(9)18/h2-6,19H,7H2,1H3. The van der Waals surface area contributed by atoms with Crippen molar-refractivity contribution < 1.29 is 21.9 Å². The summed E-state index contributed by atoms with van der Waals surface area (Å²) in [6, 6.07) is 6.00. The molecule has 9 heteroatoms. The fourth-order valence-corrected chi connectivity index (χ4v) is 3.44. The molecule has 0 aliphatic rings. The van der Waals surface area contributed by atoms with Gasteiger partial charge in [-0.15, -0.1) is 0 Å². The maximum Gasteiger partial charge on any atom is 0.244 e. The van der Waals surface area contributed by atoms with Gasteiger partial charge in [0.2, 0.25) is 10.0 Å². The zero-order chi connectivity index (χ0) is 17.2. The van der Waals surface area contributed by atoms with Crippen molar-refractivity contribution in [3.8, 4) is 5.75 Å². The summed E-state index contributed by atoms with van der Waals surface area (Å²) >= 11 is 11.3. The van der Waals surface area contributed by atoms with E-state index in [4.69, 9.17) is 27.9 Å². The number of methoxy groups -OCH3 is 1. The first-order valence-electron chi connectivity index (χ1n) is 6.22. The summed E-state index contributed by atoms with van der Waals surface area (Å²) in [5.41, 5.74) is -0.484. The van der Waals surface area contributed by atoms with Gasteiger partial charge in [-0.3, -0.25) is 0 Å². The number of hydrogen-bond donors (Lipinski definition) is 1. The van der Waals surface area contributed by atoms with Crippen LogP contribution >= 0.6 is 23.2 Å². The lowest BCUT2D eigenvalue weighted by Crippen LogP contribution is -2.25. The Kier molecular flexibility index (Phi) is 5.46. The van der Waals surface area contributed by atoms with Crippen LogP contribution in [0.5, 0.6) is 5.75 Å². The summed E-state index contributed by atoms with van der Waals surface area (Å²) < 4.78 is 59.1. The van der Waals surface area contributed by atoms with Gasteiger partial charge in [-0.25, -0.2) is 21.9 Å². The summed E-state index contributed by atoms with van der Waals surface area (Å²) in [4.78, 5) is -0.240. The molecule has 0 aliphatic heterocycles. The third kappa shape index (κ3) is 3.92. The van der Waals surface area contributed by atoms with Crippen LogP contribution in [0.3, 0.4) is 0 Å². The highest BCUT2D eigenvalue weighted by Crippen LogP contribution is 2.27. The van der Waals surface area contributed by atoms with Crippen LogP contribution in [0, 0.1) is 11.6 Å². The van der Waals surface area contributed by atoms with E-state index in [1.807, 2.05) is 0 Å². The predicted octanol–water partition coefficient (Wildman–Crippen LogP) is 3.76. The molecule has 4 nitrogen and oxygen atoms in total. The van der Waals surface area contributed by atoms with Crippen LogP contribution in [-0.2, 0) is 16.6 Å².